The Morgan fingerprint density at radius 2 is 2.25 bits per heavy atom. The lowest BCUT2D eigenvalue weighted by Gasteiger charge is -2.13. The molecule has 0 amide bonds. The maximum atomic E-state index is 5.54. The van der Waals surface area contributed by atoms with Crippen LogP contribution in [0.1, 0.15) is 18.4 Å². The normalized spacial score (nSPS) is 17.2. The highest BCUT2D eigenvalue weighted by Gasteiger charge is 2.17. The molecule has 0 saturated carbocycles. The van der Waals surface area contributed by atoms with E-state index in [1.807, 2.05) is 0 Å². The average molecular weight is 167 g/mol. The Morgan fingerprint density at radius 1 is 1.50 bits per heavy atom. The van der Waals surface area contributed by atoms with Crippen molar-refractivity contribution in [3.8, 4) is 0 Å². The number of anilines is 1. The highest BCUT2D eigenvalue weighted by atomic mass is 16.5. The second-order valence-corrected chi connectivity index (χ2v) is 3.06. The third-order valence-electron chi connectivity index (χ3n) is 2.25. The van der Waals surface area contributed by atoms with Crippen molar-refractivity contribution < 1.29 is 4.52 Å². The summed E-state index contributed by atoms with van der Waals surface area (Å²) in [6.45, 7) is 2.68. The molecule has 2 rings (SSSR count). The summed E-state index contributed by atoms with van der Waals surface area (Å²) in [6, 6.07) is 0. The van der Waals surface area contributed by atoms with Gasteiger partial charge in [-0.2, -0.15) is 0 Å². The molecule has 1 fully saturated rings. The first-order chi connectivity index (χ1) is 5.92. The molecule has 0 bridgehead atoms. The third-order valence-corrected chi connectivity index (χ3v) is 2.25. The molecule has 1 aliphatic heterocycles. The van der Waals surface area contributed by atoms with Gasteiger partial charge in [0.15, 0.2) is 5.82 Å². The summed E-state index contributed by atoms with van der Waals surface area (Å²) in [5, 5.41) is 3.94. The van der Waals surface area contributed by atoms with Gasteiger partial charge in [-0.25, -0.2) is 0 Å². The molecule has 4 nitrogen and oxygen atoms in total. The standard InChI is InChI=1S/C8H13N3O/c9-5-7-6-12-10-8(7)11-3-1-2-4-11/h6H,1-5,9H2. The Balaban J connectivity index is 2.19. The fraction of sp³-hybridized carbons (Fsp3) is 0.625. The molecule has 2 heterocycles. The van der Waals surface area contributed by atoms with Crippen LogP contribution in [-0.2, 0) is 6.54 Å². The summed E-state index contributed by atoms with van der Waals surface area (Å²) >= 11 is 0. The van der Waals surface area contributed by atoms with Crippen LogP contribution < -0.4 is 10.6 Å². The lowest BCUT2D eigenvalue weighted by atomic mass is 10.3. The van der Waals surface area contributed by atoms with Crippen LogP contribution in [0.15, 0.2) is 10.8 Å². The fourth-order valence-electron chi connectivity index (χ4n) is 1.58. The number of hydrogen-bond donors (Lipinski definition) is 1. The summed E-state index contributed by atoms with van der Waals surface area (Å²) in [6.07, 6.45) is 4.13. The molecule has 0 aromatic carbocycles. The van der Waals surface area contributed by atoms with E-state index in [2.05, 4.69) is 10.1 Å². The third kappa shape index (κ3) is 1.18. The van der Waals surface area contributed by atoms with Crippen molar-refractivity contribution in [2.45, 2.75) is 19.4 Å². The molecule has 1 aromatic rings. The van der Waals surface area contributed by atoms with E-state index in [0.29, 0.717) is 6.54 Å². The molecular weight excluding hydrogens is 154 g/mol. The zero-order valence-corrected chi connectivity index (χ0v) is 6.99. The largest absolute Gasteiger partial charge is 0.362 e. The van der Waals surface area contributed by atoms with Crippen LogP contribution in [0, 0.1) is 0 Å². The SMILES string of the molecule is NCc1conc1N1CCCC1. The van der Waals surface area contributed by atoms with E-state index in [1.54, 1.807) is 6.26 Å². The Hall–Kier alpha value is -1.03. The number of nitrogens with two attached hydrogens (primary N) is 1. The number of aromatic nitrogens is 1. The molecule has 0 unspecified atom stereocenters. The highest BCUT2D eigenvalue weighted by Crippen LogP contribution is 2.21. The summed E-state index contributed by atoms with van der Waals surface area (Å²) < 4.78 is 4.88. The molecule has 0 aliphatic carbocycles. The van der Waals surface area contributed by atoms with Gasteiger partial charge in [-0.15, -0.1) is 0 Å². The van der Waals surface area contributed by atoms with Crippen molar-refractivity contribution in [2.75, 3.05) is 18.0 Å². The van der Waals surface area contributed by atoms with Gasteiger partial charge in [-0.05, 0) is 12.8 Å². The van der Waals surface area contributed by atoms with E-state index in [4.69, 9.17) is 10.3 Å². The summed E-state index contributed by atoms with van der Waals surface area (Å²) in [5.41, 5.74) is 6.55. The number of nitrogens with zero attached hydrogens (tertiary/aromatic N) is 2. The van der Waals surface area contributed by atoms with E-state index < -0.39 is 0 Å². The van der Waals surface area contributed by atoms with Gasteiger partial charge in [-0.3, -0.25) is 0 Å². The van der Waals surface area contributed by atoms with Crippen molar-refractivity contribution in [3.05, 3.63) is 11.8 Å². The van der Waals surface area contributed by atoms with Crippen LogP contribution in [0.4, 0.5) is 5.82 Å². The Labute approximate surface area is 71.3 Å². The minimum atomic E-state index is 0.509. The van der Waals surface area contributed by atoms with Crippen molar-refractivity contribution in [1.29, 1.82) is 0 Å². The van der Waals surface area contributed by atoms with Crippen LogP contribution in [0.5, 0.6) is 0 Å². The van der Waals surface area contributed by atoms with Crippen molar-refractivity contribution in [2.24, 2.45) is 5.73 Å². The van der Waals surface area contributed by atoms with Crippen molar-refractivity contribution in [1.82, 2.24) is 5.16 Å². The first-order valence-corrected chi connectivity index (χ1v) is 4.30. The fourth-order valence-corrected chi connectivity index (χ4v) is 1.58. The molecule has 1 saturated heterocycles. The van der Waals surface area contributed by atoms with E-state index >= 15 is 0 Å². The van der Waals surface area contributed by atoms with Gasteiger partial charge in [0.1, 0.15) is 6.26 Å². The second kappa shape index (κ2) is 3.15. The van der Waals surface area contributed by atoms with Crippen LogP contribution >= 0.6 is 0 Å². The predicted octanol–water partition coefficient (Wildman–Crippen LogP) is 0.733. The molecular formula is C8H13N3O. The molecule has 12 heavy (non-hydrogen) atoms. The summed E-state index contributed by atoms with van der Waals surface area (Å²) in [4.78, 5) is 2.23. The Kier molecular flexibility index (Phi) is 1.99. The quantitative estimate of drug-likeness (QED) is 0.705. The Morgan fingerprint density at radius 3 is 2.92 bits per heavy atom. The smallest absolute Gasteiger partial charge is 0.176 e. The minimum absolute atomic E-state index is 0.509. The van der Waals surface area contributed by atoms with Gasteiger partial charge in [0, 0.05) is 25.2 Å². The monoisotopic (exact) mass is 167 g/mol. The Bertz CT molecular complexity index is 253. The van der Waals surface area contributed by atoms with Crippen LogP contribution in [0.2, 0.25) is 0 Å². The maximum absolute atomic E-state index is 5.54. The van der Waals surface area contributed by atoms with E-state index in [9.17, 15) is 0 Å². The van der Waals surface area contributed by atoms with Crippen LogP contribution in [-0.4, -0.2) is 18.2 Å². The molecule has 1 aromatic heterocycles. The zero-order chi connectivity index (χ0) is 8.39. The van der Waals surface area contributed by atoms with E-state index in [0.717, 1.165) is 24.5 Å². The summed E-state index contributed by atoms with van der Waals surface area (Å²) in [7, 11) is 0. The molecule has 0 atom stereocenters. The van der Waals surface area contributed by atoms with Gasteiger partial charge in [0.2, 0.25) is 0 Å². The summed E-state index contributed by atoms with van der Waals surface area (Å²) in [5.74, 6) is 0.940. The highest BCUT2D eigenvalue weighted by molar-refractivity contribution is 5.45. The number of hydrogen-bond acceptors (Lipinski definition) is 4. The predicted molar refractivity (Wildman–Crippen MR) is 45.8 cm³/mol. The van der Waals surface area contributed by atoms with Crippen molar-refractivity contribution >= 4 is 5.82 Å². The van der Waals surface area contributed by atoms with Gasteiger partial charge in [0.05, 0.1) is 0 Å². The molecule has 2 N–H and O–H groups in total. The van der Waals surface area contributed by atoms with Crippen LogP contribution in [0.25, 0.3) is 0 Å². The maximum Gasteiger partial charge on any atom is 0.176 e. The first kappa shape index (κ1) is 7.61. The van der Waals surface area contributed by atoms with Gasteiger partial charge in [-0.1, -0.05) is 5.16 Å². The lowest BCUT2D eigenvalue weighted by Crippen LogP contribution is -2.19. The van der Waals surface area contributed by atoms with E-state index in [1.165, 1.54) is 12.8 Å². The molecule has 1 aliphatic rings. The second-order valence-electron chi connectivity index (χ2n) is 3.06. The van der Waals surface area contributed by atoms with Gasteiger partial charge in [0.25, 0.3) is 0 Å². The van der Waals surface area contributed by atoms with Gasteiger partial charge >= 0.3 is 0 Å². The van der Waals surface area contributed by atoms with E-state index in [-0.39, 0.29) is 0 Å². The van der Waals surface area contributed by atoms with Gasteiger partial charge < -0.3 is 15.2 Å². The topological polar surface area (TPSA) is 55.3 Å². The average Bonchev–Trinajstić information content (AvgIpc) is 2.74. The first-order valence-electron chi connectivity index (χ1n) is 4.30. The van der Waals surface area contributed by atoms with Crippen LogP contribution in [0.3, 0.4) is 0 Å². The minimum Gasteiger partial charge on any atom is -0.362 e. The molecule has 4 heteroatoms. The molecule has 0 spiro atoms. The zero-order valence-electron chi connectivity index (χ0n) is 6.99. The molecule has 66 valence electrons. The number of rotatable bonds is 2. The van der Waals surface area contributed by atoms with Crippen molar-refractivity contribution in [3.63, 3.8) is 0 Å². The molecule has 0 radical (unpaired) electrons. The lowest BCUT2D eigenvalue weighted by molar-refractivity contribution is 0.419.